The van der Waals surface area contributed by atoms with E-state index in [0.29, 0.717) is 22.5 Å². The van der Waals surface area contributed by atoms with Crippen LogP contribution in [0.5, 0.6) is 5.75 Å². The average Bonchev–Trinajstić information content (AvgIpc) is 3.13. The lowest BCUT2D eigenvalue weighted by atomic mass is 10.0. The number of hydrogen-bond donors (Lipinski definition) is 3. The fraction of sp³-hybridized carbons (Fsp3) is 0.136. The van der Waals surface area contributed by atoms with E-state index in [1.54, 1.807) is 19.2 Å². The van der Waals surface area contributed by atoms with Crippen LogP contribution >= 0.6 is 23.2 Å². The SMILES string of the molecule is Cc1cc(NC(=O)Cn2cc(-c3cc(Cl)c(O)c(C(N)=O)c3)c3c(=O)n(C)cnc32)c(Cl)cn1. The largest absolute Gasteiger partial charge is 0.506 e. The molecule has 3 heterocycles. The van der Waals surface area contributed by atoms with Crippen molar-refractivity contribution in [3.63, 3.8) is 0 Å². The number of aryl methyl sites for hydroxylation is 2. The third-order valence-electron chi connectivity index (χ3n) is 5.16. The number of anilines is 1. The van der Waals surface area contributed by atoms with Gasteiger partial charge in [-0.3, -0.25) is 19.4 Å². The van der Waals surface area contributed by atoms with Crippen LogP contribution in [0.2, 0.25) is 10.0 Å². The molecule has 0 aliphatic heterocycles. The molecule has 2 amide bonds. The van der Waals surface area contributed by atoms with Crippen molar-refractivity contribution >= 4 is 51.7 Å². The van der Waals surface area contributed by atoms with E-state index in [9.17, 15) is 19.5 Å². The molecule has 0 radical (unpaired) electrons. The molecular weight excluding hydrogens is 483 g/mol. The molecule has 4 N–H and O–H groups in total. The predicted molar refractivity (Wildman–Crippen MR) is 128 cm³/mol. The summed E-state index contributed by atoms with van der Waals surface area (Å²) < 4.78 is 2.78. The van der Waals surface area contributed by atoms with E-state index in [-0.39, 0.29) is 38.7 Å². The Balaban J connectivity index is 1.82. The summed E-state index contributed by atoms with van der Waals surface area (Å²) in [5.74, 6) is -1.77. The number of nitrogens with zero attached hydrogens (tertiary/aromatic N) is 4. The highest BCUT2D eigenvalue weighted by Gasteiger charge is 2.21. The standard InChI is InChI=1S/C22H18Cl2N6O4/c1-10-3-16(15(24)6-26-10)28-17(31)8-30-7-13(18-21(30)27-9-29(2)22(18)34)11-4-12(20(25)33)19(32)14(23)5-11/h3-7,9,32H,8H2,1-2H3,(H2,25,33)(H,26,28,31). The number of carbonyl (C=O) groups is 2. The lowest BCUT2D eigenvalue weighted by Gasteiger charge is -2.09. The Labute approximate surface area is 202 Å². The van der Waals surface area contributed by atoms with Gasteiger partial charge in [0.25, 0.3) is 11.5 Å². The number of hydrogen-bond acceptors (Lipinski definition) is 6. The van der Waals surface area contributed by atoms with Crippen LogP contribution in [0.3, 0.4) is 0 Å². The average molecular weight is 501 g/mol. The molecule has 0 saturated carbocycles. The maximum Gasteiger partial charge on any atom is 0.263 e. The van der Waals surface area contributed by atoms with Crippen LogP contribution in [0.1, 0.15) is 16.1 Å². The fourth-order valence-corrected chi connectivity index (χ4v) is 3.90. The zero-order valence-electron chi connectivity index (χ0n) is 18.0. The summed E-state index contributed by atoms with van der Waals surface area (Å²) in [6.45, 7) is 1.57. The Hall–Kier alpha value is -3.89. The maximum absolute atomic E-state index is 13.0. The molecule has 0 bridgehead atoms. The Morgan fingerprint density at radius 1 is 1.18 bits per heavy atom. The molecule has 34 heavy (non-hydrogen) atoms. The number of benzene rings is 1. The molecule has 1 aromatic carbocycles. The van der Waals surface area contributed by atoms with E-state index in [1.165, 1.54) is 40.8 Å². The number of aromatic nitrogens is 4. The van der Waals surface area contributed by atoms with Gasteiger partial charge in [-0.1, -0.05) is 23.2 Å². The molecule has 0 aliphatic rings. The van der Waals surface area contributed by atoms with Crippen LogP contribution in [0, 0.1) is 6.92 Å². The maximum atomic E-state index is 13.0. The number of carbonyl (C=O) groups excluding carboxylic acids is 2. The Morgan fingerprint density at radius 2 is 1.91 bits per heavy atom. The fourth-order valence-electron chi connectivity index (χ4n) is 3.53. The molecule has 0 atom stereocenters. The normalized spacial score (nSPS) is 11.1. The van der Waals surface area contributed by atoms with E-state index in [2.05, 4.69) is 15.3 Å². The van der Waals surface area contributed by atoms with Crippen LogP contribution in [-0.2, 0) is 18.4 Å². The van der Waals surface area contributed by atoms with Crippen LogP contribution in [0.25, 0.3) is 22.2 Å². The van der Waals surface area contributed by atoms with E-state index < -0.39 is 17.6 Å². The number of nitrogens with one attached hydrogen (secondary N) is 1. The number of halogens is 2. The van der Waals surface area contributed by atoms with Gasteiger partial charge >= 0.3 is 0 Å². The van der Waals surface area contributed by atoms with Crippen LogP contribution in [0.4, 0.5) is 5.69 Å². The van der Waals surface area contributed by atoms with E-state index in [4.69, 9.17) is 28.9 Å². The molecule has 0 saturated heterocycles. The van der Waals surface area contributed by atoms with Crippen LogP contribution in [0.15, 0.2) is 41.7 Å². The number of phenols is 1. The monoisotopic (exact) mass is 500 g/mol. The zero-order chi connectivity index (χ0) is 24.7. The zero-order valence-corrected chi connectivity index (χ0v) is 19.5. The Bertz CT molecular complexity index is 1540. The van der Waals surface area contributed by atoms with Gasteiger partial charge in [0, 0.05) is 30.7 Å². The third kappa shape index (κ3) is 4.20. The van der Waals surface area contributed by atoms with Gasteiger partial charge in [-0.25, -0.2) is 4.98 Å². The minimum absolute atomic E-state index is 0.117. The van der Waals surface area contributed by atoms with Crippen molar-refractivity contribution in [2.45, 2.75) is 13.5 Å². The van der Waals surface area contributed by atoms with Crippen molar-refractivity contribution in [2.75, 3.05) is 5.32 Å². The quantitative estimate of drug-likeness (QED) is 0.384. The lowest BCUT2D eigenvalue weighted by Crippen LogP contribution is -2.20. The molecule has 3 aromatic heterocycles. The second-order valence-corrected chi connectivity index (χ2v) is 8.42. The summed E-state index contributed by atoms with van der Waals surface area (Å²) >= 11 is 12.2. The molecule has 10 nitrogen and oxygen atoms in total. The summed E-state index contributed by atoms with van der Waals surface area (Å²) in [5.41, 5.74) is 6.80. The van der Waals surface area contributed by atoms with Crippen molar-refractivity contribution < 1.29 is 14.7 Å². The molecule has 0 fully saturated rings. The van der Waals surface area contributed by atoms with Crippen molar-refractivity contribution in [3.05, 3.63) is 68.6 Å². The van der Waals surface area contributed by atoms with Gasteiger partial charge in [-0.05, 0) is 30.7 Å². The highest BCUT2D eigenvalue weighted by atomic mass is 35.5. The highest BCUT2D eigenvalue weighted by Crippen LogP contribution is 2.36. The first-order chi connectivity index (χ1) is 16.1. The number of rotatable bonds is 5. The third-order valence-corrected chi connectivity index (χ3v) is 5.75. The van der Waals surface area contributed by atoms with E-state index in [0.717, 1.165) is 0 Å². The van der Waals surface area contributed by atoms with Gasteiger partial charge < -0.3 is 25.3 Å². The molecule has 0 unspecified atom stereocenters. The topological polar surface area (TPSA) is 145 Å². The number of pyridine rings is 1. The second kappa shape index (κ2) is 8.81. The van der Waals surface area contributed by atoms with Gasteiger partial charge in [0.15, 0.2) is 0 Å². The second-order valence-electron chi connectivity index (χ2n) is 7.60. The number of aromatic hydroxyl groups is 1. The number of fused-ring (bicyclic) bond motifs is 1. The molecule has 4 rings (SSSR count). The molecule has 0 aliphatic carbocycles. The van der Waals surface area contributed by atoms with Crippen molar-refractivity contribution in [1.82, 2.24) is 19.1 Å². The van der Waals surface area contributed by atoms with Gasteiger partial charge in [-0.15, -0.1) is 0 Å². The molecular formula is C22H18Cl2N6O4. The number of amides is 2. The van der Waals surface area contributed by atoms with Gasteiger partial charge in [0.2, 0.25) is 5.91 Å². The first kappa shape index (κ1) is 23.3. The van der Waals surface area contributed by atoms with Crippen molar-refractivity contribution in [3.8, 4) is 16.9 Å². The molecule has 4 aromatic rings. The number of nitrogens with two attached hydrogens (primary N) is 1. The van der Waals surface area contributed by atoms with E-state index in [1.807, 2.05) is 0 Å². The van der Waals surface area contributed by atoms with Gasteiger partial charge in [-0.2, -0.15) is 0 Å². The van der Waals surface area contributed by atoms with Crippen molar-refractivity contribution in [2.24, 2.45) is 12.8 Å². The van der Waals surface area contributed by atoms with Gasteiger partial charge in [0.05, 0.1) is 33.0 Å². The summed E-state index contributed by atoms with van der Waals surface area (Å²) in [6, 6.07) is 4.36. The summed E-state index contributed by atoms with van der Waals surface area (Å²) in [5, 5.41) is 13.2. The number of primary amides is 1. The molecule has 174 valence electrons. The van der Waals surface area contributed by atoms with Crippen molar-refractivity contribution in [1.29, 1.82) is 0 Å². The summed E-state index contributed by atoms with van der Waals surface area (Å²) in [6.07, 6.45) is 4.32. The Morgan fingerprint density at radius 3 is 2.62 bits per heavy atom. The Kier molecular flexibility index (Phi) is 6.03. The minimum atomic E-state index is -0.889. The summed E-state index contributed by atoms with van der Waals surface area (Å²) in [4.78, 5) is 45.9. The van der Waals surface area contributed by atoms with Crippen LogP contribution in [-0.4, -0.2) is 36.0 Å². The smallest absolute Gasteiger partial charge is 0.263 e. The minimum Gasteiger partial charge on any atom is -0.506 e. The molecule has 12 heteroatoms. The van der Waals surface area contributed by atoms with Gasteiger partial charge in [0.1, 0.15) is 17.9 Å². The predicted octanol–water partition coefficient (Wildman–Crippen LogP) is 2.86. The summed E-state index contributed by atoms with van der Waals surface area (Å²) in [7, 11) is 1.54. The van der Waals surface area contributed by atoms with E-state index >= 15 is 0 Å². The first-order valence-electron chi connectivity index (χ1n) is 9.86. The lowest BCUT2D eigenvalue weighted by molar-refractivity contribution is -0.116. The highest BCUT2D eigenvalue weighted by molar-refractivity contribution is 6.33. The van der Waals surface area contributed by atoms with Crippen LogP contribution < -0.4 is 16.6 Å². The molecule has 0 spiro atoms. The first-order valence-corrected chi connectivity index (χ1v) is 10.6.